The van der Waals surface area contributed by atoms with Crippen LogP contribution in [0.2, 0.25) is 0 Å². The van der Waals surface area contributed by atoms with Gasteiger partial charge >= 0.3 is 0 Å². The summed E-state index contributed by atoms with van der Waals surface area (Å²) in [4.78, 5) is 0. The number of hydrogen-bond acceptors (Lipinski definition) is 3. The molecule has 1 aliphatic carbocycles. The van der Waals surface area contributed by atoms with E-state index in [0.29, 0.717) is 18.1 Å². The molecule has 3 heteroatoms. The smallest absolute Gasteiger partial charge is 0.0672 e. The van der Waals surface area contributed by atoms with Gasteiger partial charge in [0, 0.05) is 19.2 Å². The Kier molecular flexibility index (Phi) is 4.82. The van der Waals surface area contributed by atoms with E-state index in [9.17, 15) is 5.26 Å². The molecule has 96 valence electrons. The molecule has 1 saturated heterocycles. The van der Waals surface area contributed by atoms with Gasteiger partial charge in [-0.25, -0.2) is 0 Å². The molecule has 1 heterocycles. The second-order valence-corrected chi connectivity index (χ2v) is 5.51. The van der Waals surface area contributed by atoms with Gasteiger partial charge in [0.2, 0.25) is 0 Å². The minimum Gasteiger partial charge on any atom is -0.378 e. The molecule has 1 aliphatic heterocycles. The van der Waals surface area contributed by atoms with Crippen LogP contribution in [0, 0.1) is 23.2 Å². The third-order valence-corrected chi connectivity index (χ3v) is 4.36. The second-order valence-electron chi connectivity index (χ2n) is 5.51. The van der Waals surface area contributed by atoms with Gasteiger partial charge < -0.3 is 10.1 Å². The fraction of sp³-hybridized carbons (Fsp3) is 0.929. The van der Waals surface area contributed by atoms with Crippen molar-refractivity contribution >= 4 is 0 Å². The van der Waals surface area contributed by atoms with E-state index in [2.05, 4.69) is 18.3 Å². The molecule has 1 N–H and O–H groups in total. The van der Waals surface area contributed by atoms with Crippen LogP contribution in [0.4, 0.5) is 0 Å². The molecule has 2 aliphatic rings. The van der Waals surface area contributed by atoms with Crippen LogP contribution < -0.4 is 5.32 Å². The molecule has 2 rings (SSSR count). The Hall–Kier alpha value is -0.590. The van der Waals surface area contributed by atoms with E-state index >= 15 is 0 Å². The maximum Gasteiger partial charge on any atom is 0.0672 e. The maximum atomic E-state index is 9.22. The van der Waals surface area contributed by atoms with Gasteiger partial charge in [-0.05, 0) is 32.1 Å². The van der Waals surface area contributed by atoms with Gasteiger partial charge in [0.25, 0.3) is 0 Å². The van der Waals surface area contributed by atoms with E-state index in [1.807, 2.05) is 0 Å². The number of nitrogens with zero attached hydrogens (tertiary/aromatic N) is 1. The predicted octanol–water partition coefficient (Wildman–Crippen LogP) is 2.47. The molecule has 0 aromatic rings. The van der Waals surface area contributed by atoms with Crippen LogP contribution in [0.5, 0.6) is 0 Å². The van der Waals surface area contributed by atoms with Gasteiger partial charge in [0.1, 0.15) is 0 Å². The Labute approximate surface area is 105 Å². The number of ether oxygens (including phenoxy) is 1. The molecular formula is C14H24N2O. The van der Waals surface area contributed by atoms with Crippen molar-refractivity contribution in [2.24, 2.45) is 11.8 Å². The standard InChI is InChI=1S/C14H24N2O/c1-11-13(7-8-17-11)10-16-14-6-4-2-3-5-12(14)9-15/h11-14,16H,2-8,10H2,1H3. The molecule has 0 spiro atoms. The minimum absolute atomic E-state index is 0.218. The first-order valence-corrected chi connectivity index (χ1v) is 7.06. The average Bonchev–Trinajstić information content (AvgIpc) is 2.63. The van der Waals surface area contributed by atoms with Gasteiger partial charge in [-0.1, -0.05) is 19.3 Å². The number of hydrogen-bond donors (Lipinski definition) is 1. The first kappa shape index (κ1) is 12.9. The first-order valence-electron chi connectivity index (χ1n) is 7.06. The molecule has 0 aromatic carbocycles. The highest BCUT2D eigenvalue weighted by Crippen LogP contribution is 2.24. The molecule has 2 fully saturated rings. The predicted molar refractivity (Wildman–Crippen MR) is 67.5 cm³/mol. The maximum absolute atomic E-state index is 9.22. The lowest BCUT2D eigenvalue weighted by Gasteiger charge is -2.24. The molecule has 0 bridgehead atoms. The summed E-state index contributed by atoms with van der Waals surface area (Å²) in [6, 6.07) is 2.90. The lowest BCUT2D eigenvalue weighted by molar-refractivity contribution is 0.104. The molecule has 17 heavy (non-hydrogen) atoms. The van der Waals surface area contributed by atoms with Crippen molar-refractivity contribution in [2.45, 2.75) is 57.6 Å². The summed E-state index contributed by atoms with van der Waals surface area (Å²) in [7, 11) is 0. The molecule has 4 unspecified atom stereocenters. The number of nitrogens with one attached hydrogen (secondary N) is 1. The third kappa shape index (κ3) is 3.43. The normalized spacial score (nSPS) is 38.6. The number of rotatable bonds is 3. The largest absolute Gasteiger partial charge is 0.378 e. The summed E-state index contributed by atoms with van der Waals surface area (Å²) in [5.41, 5.74) is 0. The molecule has 0 radical (unpaired) electrons. The Morgan fingerprint density at radius 3 is 2.76 bits per heavy atom. The Morgan fingerprint density at radius 2 is 2.06 bits per heavy atom. The fourth-order valence-electron chi connectivity index (χ4n) is 3.05. The molecule has 3 nitrogen and oxygen atoms in total. The Morgan fingerprint density at radius 1 is 1.24 bits per heavy atom. The summed E-state index contributed by atoms with van der Waals surface area (Å²) in [6.45, 7) is 4.08. The zero-order valence-electron chi connectivity index (χ0n) is 10.8. The van der Waals surface area contributed by atoms with E-state index in [1.54, 1.807) is 0 Å². The molecule has 4 atom stereocenters. The zero-order valence-corrected chi connectivity index (χ0v) is 10.8. The van der Waals surface area contributed by atoms with Crippen LogP contribution in [-0.2, 0) is 4.74 Å². The topological polar surface area (TPSA) is 45.0 Å². The van der Waals surface area contributed by atoms with E-state index in [1.165, 1.54) is 25.7 Å². The second kappa shape index (κ2) is 6.37. The van der Waals surface area contributed by atoms with Crippen molar-refractivity contribution in [3.8, 4) is 6.07 Å². The minimum atomic E-state index is 0.218. The van der Waals surface area contributed by atoms with Crippen molar-refractivity contribution < 1.29 is 4.74 Å². The van der Waals surface area contributed by atoms with Crippen LogP contribution in [0.25, 0.3) is 0 Å². The molecule has 0 amide bonds. The van der Waals surface area contributed by atoms with Gasteiger partial charge in [-0.3, -0.25) is 0 Å². The highest BCUT2D eigenvalue weighted by Gasteiger charge is 2.27. The lowest BCUT2D eigenvalue weighted by atomic mass is 9.95. The van der Waals surface area contributed by atoms with Crippen molar-refractivity contribution in [1.29, 1.82) is 5.26 Å². The van der Waals surface area contributed by atoms with Gasteiger partial charge in [-0.2, -0.15) is 5.26 Å². The average molecular weight is 236 g/mol. The van der Waals surface area contributed by atoms with Crippen LogP contribution in [0.15, 0.2) is 0 Å². The summed E-state index contributed by atoms with van der Waals surface area (Å²) < 4.78 is 5.58. The van der Waals surface area contributed by atoms with E-state index < -0.39 is 0 Å². The molecule has 0 aromatic heterocycles. The highest BCUT2D eigenvalue weighted by atomic mass is 16.5. The first-order chi connectivity index (χ1) is 8.31. The van der Waals surface area contributed by atoms with E-state index in [4.69, 9.17) is 4.74 Å². The summed E-state index contributed by atoms with van der Waals surface area (Å²) in [5, 5.41) is 12.8. The van der Waals surface area contributed by atoms with Crippen molar-refractivity contribution in [3.63, 3.8) is 0 Å². The zero-order chi connectivity index (χ0) is 12.1. The Balaban J connectivity index is 1.81. The van der Waals surface area contributed by atoms with Gasteiger partial charge in [0.05, 0.1) is 18.1 Å². The highest BCUT2D eigenvalue weighted by molar-refractivity contribution is 4.94. The van der Waals surface area contributed by atoms with E-state index in [-0.39, 0.29) is 5.92 Å². The lowest BCUT2D eigenvalue weighted by Crippen LogP contribution is -2.39. The van der Waals surface area contributed by atoms with Crippen molar-refractivity contribution in [3.05, 3.63) is 0 Å². The van der Waals surface area contributed by atoms with Gasteiger partial charge in [-0.15, -0.1) is 0 Å². The van der Waals surface area contributed by atoms with Crippen molar-refractivity contribution in [2.75, 3.05) is 13.2 Å². The Bertz CT molecular complexity index is 274. The SMILES string of the molecule is CC1OCCC1CNC1CCCCCC1C#N. The fourth-order valence-corrected chi connectivity index (χ4v) is 3.05. The summed E-state index contributed by atoms with van der Waals surface area (Å²) in [5.74, 6) is 0.854. The monoisotopic (exact) mass is 236 g/mol. The quantitative estimate of drug-likeness (QED) is 0.766. The van der Waals surface area contributed by atoms with Gasteiger partial charge in [0.15, 0.2) is 0 Å². The van der Waals surface area contributed by atoms with Crippen LogP contribution in [0.1, 0.15) is 45.4 Å². The molecule has 1 saturated carbocycles. The van der Waals surface area contributed by atoms with Crippen LogP contribution in [-0.4, -0.2) is 25.3 Å². The van der Waals surface area contributed by atoms with Crippen LogP contribution in [0.3, 0.4) is 0 Å². The van der Waals surface area contributed by atoms with Crippen molar-refractivity contribution in [1.82, 2.24) is 5.32 Å². The number of nitriles is 1. The molecular weight excluding hydrogens is 212 g/mol. The van der Waals surface area contributed by atoms with Crippen LogP contribution >= 0.6 is 0 Å². The summed E-state index contributed by atoms with van der Waals surface area (Å²) >= 11 is 0. The summed E-state index contributed by atoms with van der Waals surface area (Å²) in [6.07, 6.45) is 7.57. The third-order valence-electron chi connectivity index (χ3n) is 4.36. The van der Waals surface area contributed by atoms with E-state index in [0.717, 1.165) is 26.0 Å².